The van der Waals surface area contributed by atoms with Gasteiger partial charge in [0.05, 0.1) is 10.7 Å². The van der Waals surface area contributed by atoms with Gasteiger partial charge in [0, 0.05) is 18.2 Å². The second-order valence-corrected chi connectivity index (χ2v) is 5.51. The molecule has 1 aromatic heterocycles. The molecule has 0 spiro atoms. The van der Waals surface area contributed by atoms with E-state index in [-0.39, 0.29) is 0 Å². The molecule has 0 aliphatic rings. The minimum atomic E-state index is 0.622. The number of anilines is 3. The van der Waals surface area contributed by atoms with Crippen molar-refractivity contribution >= 4 is 28.9 Å². The van der Waals surface area contributed by atoms with Crippen molar-refractivity contribution in [2.24, 2.45) is 0 Å². The predicted octanol–water partition coefficient (Wildman–Crippen LogP) is 5.14. The Hall–Kier alpha value is -2.85. The highest BCUT2D eigenvalue weighted by Gasteiger charge is 2.08. The number of hydrogen-bond acceptors (Lipinski definition) is 4. The Morgan fingerprint density at radius 1 is 0.958 bits per heavy atom. The minimum Gasteiger partial charge on any atom is -0.366 e. The zero-order valence-electron chi connectivity index (χ0n) is 13.0. The lowest BCUT2D eigenvalue weighted by atomic mass is 10.2. The van der Waals surface area contributed by atoms with Crippen LogP contribution in [0.2, 0.25) is 5.02 Å². The standard InChI is InChI=1S/C19H17ClN4/c1-2-12-21-17-13-18(22-16-11-7-6-10-15(16)20)24-19(23-17)14-8-4-3-5-9-14/h2-11,13H,1,12H2,(H2,21,22,23,24). The van der Waals surface area contributed by atoms with E-state index in [2.05, 4.69) is 27.2 Å². The highest BCUT2D eigenvalue weighted by Crippen LogP contribution is 2.26. The van der Waals surface area contributed by atoms with Crippen molar-refractivity contribution < 1.29 is 0 Å². The van der Waals surface area contributed by atoms with Crippen molar-refractivity contribution in [3.8, 4) is 11.4 Å². The SMILES string of the molecule is C=CCNc1cc(Nc2ccccc2Cl)nc(-c2ccccc2)n1. The number of para-hydroxylation sites is 1. The van der Waals surface area contributed by atoms with Crippen LogP contribution in [-0.2, 0) is 0 Å². The number of nitrogens with one attached hydrogen (secondary N) is 2. The molecule has 2 N–H and O–H groups in total. The smallest absolute Gasteiger partial charge is 0.163 e. The summed E-state index contributed by atoms with van der Waals surface area (Å²) in [4.78, 5) is 9.16. The van der Waals surface area contributed by atoms with E-state index in [0.717, 1.165) is 17.1 Å². The van der Waals surface area contributed by atoms with Gasteiger partial charge in [-0.15, -0.1) is 6.58 Å². The fourth-order valence-corrected chi connectivity index (χ4v) is 2.38. The van der Waals surface area contributed by atoms with Crippen LogP contribution in [-0.4, -0.2) is 16.5 Å². The van der Waals surface area contributed by atoms with Gasteiger partial charge >= 0.3 is 0 Å². The summed E-state index contributed by atoms with van der Waals surface area (Å²) in [7, 11) is 0. The number of aromatic nitrogens is 2. The molecule has 0 aliphatic carbocycles. The van der Waals surface area contributed by atoms with Crippen molar-refractivity contribution in [2.75, 3.05) is 17.2 Å². The second kappa shape index (κ2) is 7.62. The third-order valence-electron chi connectivity index (χ3n) is 3.32. The van der Waals surface area contributed by atoms with Crippen LogP contribution in [0.1, 0.15) is 0 Å². The van der Waals surface area contributed by atoms with Crippen LogP contribution in [0.25, 0.3) is 11.4 Å². The van der Waals surface area contributed by atoms with Crippen LogP contribution in [0.4, 0.5) is 17.3 Å². The first kappa shape index (κ1) is 16.0. The zero-order valence-corrected chi connectivity index (χ0v) is 13.8. The summed E-state index contributed by atoms with van der Waals surface area (Å²) in [5.41, 5.74) is 1.74. The van der Waals surface area contributed by atoms with Crippen LogP contribution < -0.4 is 10.6 Å². The molecule has 0 atom stereocenters. The molecule has 24 heavy (non-hydrogen) atoms. The molecule has 5 heteroatoms. The summed E-state index contributed by atoms with van der Waals surface area (Å²) in [6.45, 7) is 4.34. The molecular weight excluding hydrogens is 320 g/mol. The van der Waals surface area contributed by atoms with Gasteiger partial charge in [0.25, 0.3) is 0 Å². The fourth-order valence-electron chi connectivity index (χ4n) is 2.20. The first-order chi connectivity index (χ1) is 11.8. The average molecular weight is 337 g/mol. The lowest BCUT2D eigenvalue weighted by Gasteiger charge is -2.12. The molecule has 3 rings (SSSR count). The Morgan fingerprint density at radius 2 is 1.67 bits per heavy atom. The van der Waals surface area contributed by atoms with Crippen LogP contribution in [0, 0.1) is 0 Å². The molecular formula is C19H17ClN4. The van der Waals surface area contributed by atoms with E-state index in [0.29, 0.717) is 23.2 Å². The van der Waals surface area contributed by atoms with Crippen molar-refractivity contribution in [3.05, 3.63) is 78.3 Å². The molecule has 0 aliphatic heterocycles. The van der Waals surface area contributed by atoms with E-state index in [9.17, 15) is 0 Å². The third kappa shape index (κ3) is 3.91. The van der Waals surface area contributed by atoms with Gasteiger partial charge in [-0.2, -0.15) is 0 Å². The molecule has 0 radical (unpaired) electrons. The van der Waals surface area contributed by atoms with E-state index in [1.807, 2.05) is 60.7 Å². The van der Waals surface area contributed by atoms with Gasteiger partial charge in [-0.3, -0.25) is 0 Å². The van der Waals surface area contributed by atoms with Gasteiger partial charge in [0.2, 0.25) is 0 Å². The molecule has 1 heterocycles. The first-order valence-electron chi connectivity index (χ1n) is 7.57. The molecule has 4 nitrogen and oxygen atoms in total. The fraction of sp³-hybridized carbons (Fsp3) is 0.0526. The normalized spacial score (nSPS) is 10.2. The maximum absolute atomic E-state index is 6.22. The molecule has 0 fully saturated rings. The van der Waals surface area contributed by atoms with Gasteiger partial charge in [0.15, 0.2) is 5.82 Å². The van der Waals surface area contributed by atoms with E-state index in [1.165, 1.54) is 0 Å². The monoisotopic (exact) mass is 336 g/mol. The summed E-state index contributed by atoms with van der Waals surface area (Å²) >= 11 is 6.22. The lowest BCUT2D eigenvalue weighted by molar-refractivity contribution is 1.15. The molecule has 0 saturated heterocycles. The molecule has 0 bridgehead atoms. The summed E-state index contributed by atoms with van der Waals surface area (Å²) in [6, 6.07) is 19.2. The molecule has 3 aromatic rings. The summed E-state index contributed by atoms with van der Waals surface area (Å²) in [5, 5.41) is 7.09. The van der Waals surface area contributed by atoms with E-state index >= 15 is 0 Å². The van der Waals surface area contributed by atoms with Crippen LogP contribution in [0.3, 0.4) is 0 Å². The lowest BCUT2D eigenvalue weighted by Crippen LogP contribution is -2.05. The third-order valence-corrected chi connectivity index (χ3v) is 3.65. The summed E-state index contributed by atoms with van der Waals surface area (Å²) in [5.74, 6) is 2.03. The maximum atomic E-state index is 6.22. The van der Waals surface area contributed by atoms with E-state index < -0.39 is 0 Å². The number of nitrogens with zero attached hydrogens (tertiary/aromatic N) is 2. The molecule has 120 valence electrons. The largest absolute Gasteiger partial charge is 0.366 e. The Balaban J connectivity index is 1.98. The van der Waals surface area contributed by atoms with Gasteiger partial charge in [-0.05, 0) is 12.1 Å². The Morgan fingerprint density at radius 3 is 2.42 bits per heavy atom. The highest BCUT2D eigenvalue weighted by atomic mass is 35.5. The van der Waals surface area contributed by atoms with Gasteiger partial charge in [-0.1, -0.05) is 60.1 Å². The van der Waals surface area contributed by atoms with Crippen molar-refractivity contribution in [1.82, 2.24) is 9.97 Å². The Kier molecular flexibility index (Phi) is 5.08. The minimum absolute atomic E-state index is 0.622. The molecule has 0 amide bonds. The molecule has 0 saturated carbocycles. The van der Waals surface area contributed by atoms with Crippen LogP contribution in [0.15, 0.2) is 73.3 Å². The Labute approximate surface area is 146 Å². The van der Waals surface area contributed by atoms with Crippen LogP contribution >= 0.6 is 11.6 Å². The second-order valence-electron chi connectivity index (χ2n) is 5.10. The van der Waals surface area contributed by atoms with Gasteiger partial charge < -0.3 is 10.6 Å². The number of hydrogen-bond donors (Lipinski definition) is 2. The summed E-state index contributed by atoms with van der Waals surface area (Å²) < 4.78 is 0. The topological polar surface area (TPSA) is 49.8 Å². The zero-order chi connectivity index (χ0) is 16.8. The van der Waals surface area contributed by atoms with Crippen LogP contribution in [0.5, 0.6) is 0 Å². The van der Waals surface area contributed by atoms with E-state index in [1.54, 1.807) is 6.08 Å². The Bertz CT molecular complexity index is 834. The van der Waals surface area contributed by atoms with Gasteiger partial charge in [-0.25, -0.2) is 9.97 Å². The average Bonchev–Trinajstić information content (AvgIpc) is 2.62. The predicted molar refractivity (Wildman–Crippen MR) is 101 cm³/mol. The number of rotatable bonds is 6. The highest BCUT2D eigenvalue weighted by molar-refractivity contribution is 6.33. The molecule has 0 unspecified atom stereocenters. The van der Waals surface area contributed by atoms with Crippen molar-refractivity contribution in [2.45, 2.75) is 0 Å². The number of benzene rings is 2. The van der Waals surface area contributed by atoms with Crippen molar-refractivity contribution in [3.63, 3.8) is 0 Å². The van der Waals surface area contributed by atoms with Gasteiger partial charge in [0.1, 0.15) is 11.6 Å². The molecule has 2 aromatic carbocycles. The van der Waals surface area contributed by atoms with E-state index in [4.69, 9.17) is 11.6 Å². The quantitative estimate of drug-likeness (QED) is 0.612. The summed E-state index contributed by atoms with van der Waals surface area (Å²) in [6.07, 6.45) is 1.78. The maximum Gasteiger partial charge on any atom is 0.163 e. The van der Waals surface area contributed by atoms with Crippen molar-refractivity contribution in [1.29, 1.82) is 0 Å². The first-order valence-corrected chi connectivity index (χ1v) is 7.95. The number of halogens is 1.